The van der Waals surface area contributed by atoms with Crippen LogP contribution in [-0.4, -0.2) is 17.2 Å². The van der Waals surface area contributed by atoms with Crippen LogP contribution in [0.3, 0.4) is 0 Å². The van der Waals surface area contributed by atoms with E-state index in [-0.39, 0.29) is 6.10 Å². The number of aliphatic carboxylic acids is 1. The van der Waals surface area contributed by atoms with Crippen LogP contribution in [0.15, 0.2) is 24.5 Å². The van der Waals surface area contributed by atoms with Gasteiger partial charge in [-0.1, -0.05) is 25.0 Å². The lowest BCUT2D eigenvalue weighted by molar-refractivity contribution is -0.137. The summed E-state index contributed by atoms with van der Waals surface area (Å²) in [4.78, 5) is 10.5. The highest BCUT2D eigenvalue weighted by Gasteiger charge is 2.32. The number of hydrogen-bond acceptors (Lipinski definition) is 2. The van der Waals surface area contributed by atoms with Crippen LogP contribution in [-0.2, 0) is 9.53 Å². The van der Waals surface area contributed by atoms with E-state index in [9.17, 15) is 4.79 Å². The van der Waals surface area contributed by atoms with Crippen molar-refractivity contribution in [2.24, 2.45) is 11.8 Å². The molecule has 2 aliphatic rings. The first kappa shape index (κ1) is 14.2. The molecule has 0 aromatic carbocycles. The molecular formula is C16H24O3. The minimum Gasteiger partial charge on any atom is -0.495 e. The number of carboxylic acid groups (broad SMARTS) is 1. The second-order valence-corrected chi connectivity index (χ2v) is 5.80. The smallest absolute Gasteiger partial charge is 0.303 e. The van der Waals surface area contributed by atoms with Gasteiger partial charge in [0.1, 0.15) is 6.10 Å². The van der Waals surface area contributed by atoms with Crippen molar-refractivity contribution in [2.75, 3.05) is 0 Å². The van der Waals surface area contributed by atoms with E-state index < -0.39 is 5.97 Å². The molecule has 1 fully saturated rings. The predicted molar refractivity (Wildman–Crippen MR) is 74.7 cm³/mol. The fourth-order valence-electron chi connectivity index (χ4n) is 3.49. The zero-order valence-electron chi connectivity index (χ0n) is 11.5. The van der Waals surface area contributed by atoms with E-state index in [1.165, 1.54) is 25.7 Å². The molecule has 0 heterocycles. The van der Waals surface area contributed by atoms with Crippen molar-refractivity contribution in [1.82, 2.24) is 0 Å². The summed E-state index contributed by atoms with van der Waals surface area (Å²) in [6.07, 6.45) is 12.3. The van der Waals surface area contributed by atoms with Gasteiger partial charge in [0.05, 0.1) is 6.26 Å². The summed E-state index contributed by atoms with van der Waals surface area (Å²) in [6, 6.07) is 0. The van der Waals surface area contributed by atoms with E-state index in [0.717, 1.165) is 25.2 Å². The van der Waals surface area contributed by atoms with Crippen molar-refractivity contribution in [3.8, 4) is 0 Å². The Labute approximate surface area is 115 Å². The second-order valence-electron chi connectivity index (χ2n) is 5.80. The van der Waals surface area contributed by atoms with Crippen LogP contribution in [0, 0.1) is 11.8 Å². The largest absolute Gasteiger partial charge is 0.495 e. The van der Waals surface area contributed by atoms with E-state index in [1.54, 1.807) is 11.8 Å². The molecule has 0 radical (unpaired) electrons. The summed E-state index contributed by atoms with van der Waals surface area (Å²) >= 11 is 0. The van der Waals surface area contributed by atoms with Crippen LogP contribution in [0.1, 0.15) is 51.4 Å². The van der Waals surface area contributed by atoms with Crippen molar-refractivity contribution in [1.29, 1.82) is 0 Å². The third kappa shape index (κ3) is 4.12. The highest BCUT2D eigenvalue weighted by atomic mass is 16.5. The molecule has 2 aliphatic carbocycles. The van der Waals surface area contributed by atoms with Gasteiger partial charge in [-0.15, -0.1) is 0 Å². The van der Waals surface area contributed by atoms with Gasteiger partial charge in [0.2, 0.25) is 0 Å². The van der Waals surface area contributed by atoms with Gasteiger partial charge in [-0.05, 0) is 50.0 Å². The van der Waals surface area contributed by atoms with Crippen LogP contribution in [0.2, 0.25) is 0 Å². The minimum atomic E-state index is -0.672. The van der Waals surface area contributed by atoms with Gasteiger partial charge in [0, 0.05) is 6.42 Å². The maximum atomic E-state index is 10.5. The zero-order chi connectivity index (χ0) is 13.7. The zero-order valence-corrected chi connectivity index (χ0v) is 11.5. The van der Waals surface area contributed by atoms with Crippen LogP contribution < -0.4 is 0 Å². The van der Waals surface area contributed by atoms with E-state index in [0.29, 0.717) is 12.3 Å². The van der Waals surface area contributed by atoms with Gasteiger partial charge < -0.3 is 9.84 Å². The Morgan fingerprint density at radius 2 is 2.32 bits per heavy atom. The molecule has 0 spiro atoms. The van der Waals surface area contributed by atoms with Crippen LogP contribution in [0.4, 0.5) is 0 Å². The molecule has 0 aliphatic heterocycles. The van der Waals surface area contributed by atoms with Crippen LogP contribution in [0.5, 0.6) is 0 Å². The topological polar surface area (TPSA) is 46.5 Å². The first-order valence-corrected chi connectivity index (χ1v) is 7.37. The average molecular weight is 264 g/mol. The molecule has 2 rings (SSSR count). The highest BCUT2D eigenvalue weighted by Crippen LogP contribution is 2.42. The fraction of sp³-hybridized carbons (Fsp3) is 0.688. The Morgan fingerprint density at radius 3 is 3.05 bits per heavy atom. The molecule has 0 amide bonds. The summed E-state index contributed by atoms with van der Waals surface area (Å²) < 4.78 is 5.48. The Bertz CT molecular complexity index is 359. The maximum absolute atomic E-state index is 10.5. The Balaban J connectivity index is 1.70. The molecule has 0 aromatic rings. The lowest BCUT2D eigenvalue weighted by atomic mass is 9.77. The van der Waals surface area contributed by atoms with Crippen molar-refractivity contribution < 1.29 is 14.6 Å². The van der Waals surface area contributed by atoms with Gasteiger partial charge in [-0.25, -0.2) is 0 Å². The molecule has 3 heteroatoms. The van der Waals surface area contributed by atoms with Crippen LogP contribution >= 0.6 is 0 Å². The third-order valence-corrected chi connectivity index (χ3v) is 4.42. The summed E-state index contributed by atoms with van der Waals surface area (Å²) in [6.45, 7) is 3.62. The van der Waals surface area contributed by atoms with Gasteiger partial charge in [-0.2, -0.15) is 0 Å². The monoisotopic (exact) mass is 264 g/mol. The maximum Gasteiger partial charge on any atom is 0.303 e. The summed E-state index contributed by atoms with van der Waals surface area (Å²) in [7, 11) is 0. The molecule has 3 atom stereocenters. The van der Waals surface area contributed by atoms with Crippen molar-refractivity contribution in [2.45, 2.75) is 57.5 Å². The second kappa shape index (κ2) is 6.78. The van der Waals surface area contributed by atoms with E-state index in [4.69, 9.17) is 9.84 Å². The lowest BCUT2D eigenvalue weighted by Gasteiger charge is -2.28. The number of allylic oxidation sites excluding steroid dienone is 1. The SMILES string of the molecule is C=CO[C@H]1C=C2CC[C@@H](CCCCC(=O)O)C[C@H]2C1. The molecular weight excluding hydrogens is 240 g/mol. The highest BCUT2D eigenvalue weighted by molar-refractivity contribution is 5.66. The minimum absolute atomic E-state index is 0.239. The molecule has 3 nitrogen and oxygen atoms in total. The molecule has 0 bridgehead atoms. The third-order valence-electron chi connectivity index (χ3n) is 4.42. The molecule has 0 unspecified atom stereocenters. The first-order valence-electron chi connectivity index (χ1n) is 7.37. The normalized spacial score (nSPS) is 29.5. The van der Waals surface area contributed by atoms with E-state index in [1.807, 2.05) is 0 Å². The molecule has 19 heavy (non-hydrogen) atoms. The first-order chi connectivity index (χ1) is 9.19. The van der Waals surface area contributed by atoms with Crippen LogP contribution in [0.25, 0.3) is 0 Å². The Morgan fingerprint density at radius 1 is 1.47 bits per heavy atom. The van der Waals surface area contributed by atoms with E-state index in [2.05, 4.69) is 12.7 Å². The molecule has 0 saturated heterocycles. The number of rotatable bonds is 7. The number of unbranched alkanes of at least 4 members (excludes halogenated alkanes) is 1. The van der Waals surface area contributed by atoms with Gasteiger partial charge >= 0.3 is 5.97 Å². The van der Waals surface area contributed by atoms with E-state index >= 15 is 0 Å². The number of ether oxygens (including phenoxy) is 1. The number of fused-ring (bicyclic) bond motifs is 1. The molecule has 1 N–H and O–H groups in total. The number of hydrogen-bond donors (Lipinski definition) is 1. The average Bonchev–Trinajstić information content (AvgIpc) is 2.76. The van der Waals surface area contributed by atoms with Crippen molar-refractivity contribution in [3.05, 3.63) is 24.5 Å². The van der Waals surface area contributed by atoms with Crippen molar-refractivity contribution >= 4 is 5.97 Å². The fourth-order valence-corrected chi connectivity index (χ4v) is 3.49. The predicted octanol–water partition coefficient (Wildman–Crippen LogP) is 3.91. The lowest BCUT2D eigenvalue weighted by Crippen LogP contribution is -2.16. The summed E-state index contributed by atoms with van der Waals surface area (Å²) in [5.74, 6) is 0.802. The summed E-state index contributed by atoms with van der Waals surface area (Å²) in [5, 5.41) is 8.62. The molecule has 106 valence electrons. The summed E-state index contributed by atoms with van der Waals surface area (Å²) in [5.41, 5.74) is 1.58. The quantitative estimate of drug-likeness (QED) is 0.431. The van der Waals surface area contributed by atoms with Crippen molar-refractivity contribution in [3.63, 3.8) is 0 Å². The number of carboxylic acids is 1. The molecule has 1 saturated carbocycles. The Kier molecular flexibility index (Phi) is 5.06. The number of carbonyl (C=O) groups is 1. The van der Waals surface area contributed by atoms with Gasteiger partial charge in [0.15, 0.2) is 0 Å². The standard InChI is InChI=1S/C16H24O3/c1-2-19-15-10-13-8-7-12(9-14(13)11-15)5-3-4-6-16(17)18/h2,10,12,14-15H,1,3-9,11H2,(H,17,18)/t12-,14+,15+/m1/s1. The Hall–Kier alpha value is -1.25. The molecule has 0 aromatic heterocycles. The van der Waals surface area contributed by atoms with Gasteiger partial charge in [0.25, 0.3) is 0 Å². The van der Waals surface area contributed by atoms with Gasteiger partial charge in [-0.3, -0.25) is 4.79 Å².